The van der Waals surface area contributed by atoms with Gasteiger partial charge in [0.25, 0.3) is 0 Å². The number of benzene rings is 1. The van der Waals surface area contributed by atoms with Crippen molar-refractivity contribution in [3.8, 4) is 0 Å². The zero-order valence-electron chi connectivity index (χ0n) is 7.69. The highest BCUT2D eigenvalue weighted by Crippen LogP contribution is 2.14. The second-order valence-corrected chi connectivity index (χ2v) is 2.51. The van der Waals surface area contributed by atoms with Crippen molar-refractivity contribution in [1.29, 1.82) is 5.41 Å². The van der Waals surface area contributed by atoms with Gasteiger partial charge in [0, 0.05) is 16.3 Å². The van der Waals surface area contributed by atoms with Gasteiger partial charge in [-0.1, -0.05) is 43.6 Å². The zero-order valence-corrected chi connectivity index (χ0v) is 8.44. The van der Waals surface area contributed by atoms with Crippen LogP contribution in [-0.4, -0.2) is 5.71 Å². The summed E-state index contributed by atoms with van der Waals surface area (Å²) in [5.41, 5.74) is 1.31. The molecule has 0 amide bonds. The Morgan fingerprint density at radius 1 is 1.25 bits per heavy atom. The molecule has 0 aliphatic rings. The molecule has 0 bridgehead atoms. The third-order valence-electron chi connectivity index (χ3n) is 1.28. The van der Waals surface area contributed by atoms with E-state index < -0.39 is 0 Å². The number of hydrogen-bond donors (Lipinski definition) is 1. The minimum atomic E-state index is 0.505. The predicted molar refractivity (Wildman–Crippen MR) is 55.3 cm³/mol. The van der Waals surface area contributed by atoms with Gasteiger partial charge in [0.05, 0.1) is 0 Å². The Morgan fingerprint density at radius 3 is 2.08 bits per heavy atom. The van der Waals surface area contributed by atoms with Gasteiger partial charge >= 0.3 is 0 Å². The largest absolute Gasteiger partial charge is 0.305 e. The summed E-state index contributed by atoms with van der Waals surface area (Å²) in [5.74, 6) is 0. The van der Waals surface area contributed by atoms with Gasteiger partial charge in [-0.05, 0) is 13.0 Å². The first-order valence-electron chi connectivity index (χ1n) is 4.02. The third-order valence-corrected chi connectivity index (χ3v) is 1.61. The van der Waals surface area contributed by atoms with E-state index in [9.17, 15) is 0 Å². The van der Waals surface area contributed by atoms with Crippen molar-refractivity contribution in [3.63, 3.8) is 0 Å². The Labute approximate surface area is 78.9 Å². The standard InChI is InChI=1S/C8H8ClN.C2H6/c1-6(10)7-4-2-3-5-8(7)9;1-2/h2-5,10H,1H3;1-2H3. The van der Waals surface area contributed by atoms with E-state index in [0.29, 0.717) is 10.7 Å². The van der Waals surface area contributed by atoms with Gasteiger partial charge in [0.2, 0.25) is 0 Å². The molecule has 0 aliphatic carbocycles. The molecule has 12 heavy (non-hydrogen) atoms. The molecule has 0 heterocycles. The van der Waals surface area contributed by atoms with E-state index in [1.54, 1.807) is 13.0 Å². The highest BCUT2D eigenvalue weighted by Gasteiger charge is 1.98. The summed E-state index contributed by atoms with van der Waals surface area (Å²) in [6.45, 7) is 5.72. The summed E-state index contributed by atoms with van der Waals surface area (Å²) in [5, 5.41) is 7.94. The van der Waals surface area contributed by atoms with Crippen molar-refractivity contribution in [2.75, 3.05) is 0 Å². The summed E-state index contributed by atoms with van der Waals surface area (Å²) >= 11 is 5.78. The van der Waals surface area contributed by atoms with Crippen LogP contribution < -0.4 is 0 Å². The van der Waals surface area contributed by atoms with Crippen molar-refractivity contribution < 1.29 is 0 Å². The Kier molecular flexibility index (Phi) is 5.39. The highest BCUT2D eigenvalue weighted by molar-refractivity contribution is 6.33. The van der Waals surface area contributed by atoms with Gasteiger partial charge in [0.1, 0.15) is 0 Å². The van der Waals surface area contributed by atoms with Gasteiger partial charge in [-0.3, -0.25) is 0 Å². The number of hydrogen-bond acceptors (Lipinski definition) is 1. The highest BCUT2D eigenvalue weighted by atomic mass is 35.5. The van der Waals surface area contributed by atoms with Crippen LogP contribution in [0.3, 0.4) is 0 Å². The van der Waals surface area contributed by atoms with Gasteiger partial charge in [-0.15, -0.1) is 0 Å². The van der Waals surface area contributed by atoms with E-state index in [0.717, 1.165) is 5.56 Å². The number of rotatable bonds is 1. The third kappa shape index (κ3) is 3.05. The summed E-state index contributed by atoms with van der Waals surface area (Å²) in [4.78, 5) is 0. The zero-order chi connectivity index (χ0) is 9.56. The molecule has 66 valence electrons. The molecule has 0 aromatic heterocycles. The van der Waals surface area contributed by atoms with Crippen molar-refractivity contribution in [3.05, 3.63) is 34.9 Å². The van der Waals surface area contributed by atoms with Crippen LogP contribution >= 0.6 is 11.6 Å². The molecule has 0 radical (unpaired) electrons. The predicted octanol–water partition coefficient (Wildman–Crippen LogP) is 3.75. The molecule has 0 unspecified atom stereocenters. The Balaban J connectivity index is 0.000000561. The second-order valence-electron chi connectivity index (χ2n) is 2.10. The van der Waals surface area contributed by atoms with Gasteiger partial charge in [0.15, 0.2) is 0 Å². The molecule has 1 rings (SSSR count). The molecule has 1 N–H and O–H groups in total. The van der Waals surface area contributed by atoms with E-state index in [1.807, 2.05) is 32.0 Å². The molecule has 0 aliphatic heterocycles. The molecule has 0 spiro atoms. The molecule has 0 saturated heterocycles. The molecular formula is C10H14ClN. The van der Waals surface area contributed by atoms with Crippen LogP contribution in [-0.2, 0) is 0 Å². The fraction of sp³-hybridized carbons (Fsp3) is 0.300. The summed E-state index contributed by atoms with van der Waals surface area (Å²) < 4.78 is 0. The van der Waals surface area contributed by atoms with Crippen LogP contribution in [0.5, 0.6) is 0 Å². The lowest BCUT2D eigenvalue weighted by molar-refractivity contribution is 1.46. The van der Waals surface area contributed by atoms with E-state index in [1.165, 1.54) is 0 Å². The van der Waals surface area contributed by atoms with E-state index in [-0.39, 0.29) is 0 Å². The SMILES string of the molecule is CC.CC(=N)c1ccccc1Cl. The van der Waals surface area contributed by atoms with Crippen LogP contribution in [0.2, 0.25) is 5.02 Å². The van der Waals surface area contributed by atoms with Crippen LogP contribution in [0.4, 0.5) is 0 Å². The lowest BCUT2D eigenvalue weighted by atomic mass is 10.1. The topological polar surface area (TPSA) is 23.9 Å². The van der Waals surface area contributed by atoms with Gasteiger partial charge < -0.3 is 5.41 Å². The second kappa shape index (κ2) is 5.78. The lowest BCUT2D eigenvalue weighted by Crippen LogP contribution is -1.91. The number of nitrogens with one attached hydrogen (secondary N) is 1. The molecular weight excluding hydrogens is 170 g/mol. The monoisotopic (exact) mass is 183 g/mol. The van der Waals surface area contributed by atoms with Crippen molar-refractivity contribution in [2.24, 2.45) is 0 Å². The molecule has 1 aromatic carbocycles. The minimum absolute atomic E-state index is 0.505. The molecule has 1 nitrogen and oxygen atoms in total. The van der Waals surface area contributed by atoms with Crippen molar-refractivity contribution in [1.82, 2.24) is 0 Å². The molecule has 0 fully saturated rings. The molecule has 2 heteroatoms. The van der Waals surface area contributed by atoms with E-state index in [2.05, 4.69) is 0 Å². The van der Waals surface area contributed by atoms with Crippen molar-refractivity contribution >= 4 is 17.3 Å². The van der Waals surface area contributed by atoms with E-state index in [4.69, 9.17) is 17.0 Å². The fourth-order valence-electron chi connectivity index (χ4n) is 0.765. The molecule has 0 saturated carbocycles. The van der Waals surface area contributed by atoms with Gasteiger partial charge in [-0.2, -0.15) is 0 Å². The molecule has 1 aromatic rings. The van der Waals surface area contributed by atoms with Gasteiger partial charge in [-0.25, -0.2) is 0 Å². The Bertz CT molecular complexity index is 256. The molecule has 0 atom stereocenters. The average Bonchev–Trinajstić information content (AvgIpc) is 2.08. The smallest absolute Gasteiger partial charge is 0.0496 e. The summed E-state index contributed by atoms with van der Waals surface area (Å²) in [7, 11) is 0. The number of halogens is 1. The average molecular weight is 184 g/mol. The normalized spacial score (nSPS) is 8.33. The Morgan fingerprint density at radius 2 is 1.75 bits per heavy atom. The first-order chi connectivity index (χ1) is 5.72. The van der Waals surface area contributed by atoms with Crippen LogP contribution in [0.25, 0.3) is 0 Å². The summed E-state index contributed by atoms with van der Waals surface area (Å²) in [6.07, 6.45) is 0. The maximum absolute atomic E-state index is 7.29. The maximum atomic E-state index is 7.29. The van der Waals surface area contributed by atoms with Crippen molar-refractivity contribution in [2.45, 2.75) is 20.8 Å². The summed E-state index contributed by atoms with van der Waals surface area (Å²) in [6, 6.07) is 7.35. The minimum Gasteiger partial charge on any atom is -0.305 e. The maximum Gasteiger partial charge on any atom is 0.0496 e. The van der Waals surface area contributed by atoms with Crippen LogP contribution in [0.15, 0.2) is 24.3 Å². The lowest BCUT2D eigenvalue weighted by Gasteiger charge is -1.98. The first-order valence-corrected chi connectivity index (χ1v) is 4.39. The first kappa shape index (κ1) is 11.2. The quantitative estimate of drug-likeness (QED) is 0.642. The van der Waals surface area contributed by atoms with Crippen LogP contribution in [0, 0.1) is 5.41 Å². The van der Waals surface area contributed by atoms with E-state index >= 15 is 0 Å². The van der Waals surface area contributed by atoms with Crippen LogP contribution in [0.1, 0.15) is 26.3 Å². The fourth-order valence-corrected chi connectivity index (χ4v) is 1.04. The Hall–Kier alpha value is -0.820.